The average molecular weight is 269 g/mol. The lowest BCUT2D eigenvalue weighted by atomic mass is 9.93. The van der Waals surface area contributed by atoms with Crippen molar-refractivity contribution >= 4 is 10.9 Å². The first-order chi connectivity index (χ1) is 9.85. The molecule has 0 atom stereocenters. The van der Waals surface area contributed by atoms with Gasteiger partial charge in [-0.25, -0.2) is 0 Å². The van der Waals surface area contributed by atoms with Gasteiger partial charge in [0.05, 0.1) is 11.2 Å². The highest BCUT2D eigenvalue weighted by molar-refractivity contribution is 5.78. The number of hydrogen-bond donors (Lipinski definition) is 1. The van der Waals surface area contributed by atoms with Gasteiger partial charge in [-0.15, -0.1) is 0 Å². The molecule has 0 amide bonds. The monoisotopic (exact) mass is 269 g/mol. The lowest BCUT2D eigenvalue weighted by molar-refractivity contribution is 0.172. The number of hydrogen-bond acceptors (Lipinski definition) is 3. The Morgan fingerprint density at radius 2 is 1.90 bits per heavy atom. The molecule has 20 heavy (non-hydrogen) atoms. The van der Waals surface area contributed by atoms with Crippen molar-refractivity contribution in [1.82, 2.24) is 9.88 Å². The molecule has 2 N–H and O–H groups in total. The van der Waals surface area contributed by atoms with E-state index in [0.717, 1.165) is 24.5 Å². The van der Waals surface area contributed by atoms with Crippen LogP contribution in [-0.4, -0.2) is 29.5 Å². The highest BCUT2D eigenvalue weighted by Crippen LogP contribution is 2.21. The van der Waals surface area contributed by atoms with Crippen LogP contribution in [0.5, 0.6) is 0 Å². The minimum absolute atomic E-state index is 0.830. The maximum atomic E-state index is 5.65. The number of rotatable bonds is 4. The van der Waals surface area contributed by atoms with Crippen LogP contribution >= 0.6 is 0 Å². The van der Waals surface area contributed by atoms with E-state index in [1.54, 1.807) is 0 Å². The van der Waals surface area contributed by atoms with Gasteiger partial charge in [0.1, 0.15) is 0 Å². The zero-order chi connectivity index (χ0) is 13.8. The Morgan fingerprint density at radius 3 is 2.70 bits per heavy atom. The van der Waals surface area contributed by atoms with Crippen molar-refractivity contribution in [3.63, 3.8) is 0 Å². The molecule has 1 aliphatic rings. The minimum Gasteiger partial charge on any atom is -0.330 e. The molecule has 1 aromatic carbocycles. The lowest BCUT2D eigenvalue weighted by Crippen LogP contribution is -2.34. The Hall–Kier alpha value is -1.45. The zero-order valence-corrected chi connectivity index (χ0v) is 12.0. The summed E-state index contributed by atoms with van der Waals surface area (Å²) in [4.78, 5) is 7.28. The van der Waals surface area contributed by atoms with Crippen molar-refractivity contribution in [1.29, 1.82) is 0 Å². The molecular weight excluding hydrogens is 246 g/mol. The van der Waals surface area contributed by atoms with E-state index in [-0.39, 0.29) is 0 Å². The average Bonchev–Trinajstić information content (AvgIpc) is 2.49. The molecule has 1 aromatic heterocycles. The molecular formula is C17H23N3. The molecule has 0 spiro atoms. The number of pyridine rings is 1. The normalized spacial score (nSPS) is 17.6. The number of para-hydroxylation sites is 1. The van der Waals surface area contributed by atoms with E-state index in [9.17, 15) is 0 Å². The van der Waals surface area contributed by atoms with Crippen LogP contribution in [0.4, 0.5) is 0 Å². The Labute approximate surface area is 120 Å². The van der Waals surface area contributed by atoms with E-state index in [2.05, 4.69) is 41.3 Å². The van der Waals surface area contributed by atoms with Crippen molar-refractivity contribution in [2.75, 3.05) is 19.6 Å². The first kappa shape index (κ1) is 13.5. The number of nitrogens with two attached hydrogens (primary N) is 1. The summed E-state index contributed by atoms with van der Waals surface area (Å²) < 4.78 is 0. The van der Waals surface area contributed by atoms with Crippen molar-refractivity contribution in [3.05, 3.63) is 42.1 Å². The highest BCUT2D eigenvalue weighted by atomic mass is 15.1. The fraction of sp³-hybridized carbons (Fsp3) is 0.471. The van der Waals surface area contributed by atoms with Crippen molar-refractivity contribution < 1.29 is 0 Å². The van der Waals surface area contributed by atoms with E-state index in [1.807, 2.05) is 0 Å². The third-order valence-corrected chi connectivity index (χ3v) is 4.32. The lowest BCUT2D eigenvalue weighted by Gasteiger charge is -2.31. The van der Waals surface area contributed by atoms with Gasteiger partial charge in [0.25, 0.3) is 0 Å². The van der Waals surface area contributed by atoms with Gasteiger partial charge in [-0.05, 0) is 56.9 Å². The van der Waals surface area contributed by atoms with Crippen LogP contribution in [0.2, 0.25) is 0 Å². The quantitative estimate of drug-likeness (QED) is 0.928. The molecule has 1 aliphatic heterocycles. The fourth-order valence-electron chi connectivity index (χ4n) is 3.09. The van der Waals surface area contributed by atoms with E-state index in [4.69, 9.17) is 10.7 Å². The van der Waals surface area contributed by atoms with Gasteiger partial charge >= 0.3 is 0 Å². The third-order valence-electron chi connectivity index (χ3n) is 4.32. The number of nitrogens with zero attached hydrogens (tertiary/aromatic N) is 2. The second-order valence-corrected chi connectivity index (χ2v) is 5.79. The maximum absolute atomic E-state index is 5.65. The number of piperidine rings is 1. The van der Waals surface area contributed by atoms with Gasteiger partial charge in [-0.1, -0.05) is 24.3 Å². The maximum Gasteiger partial charge on any atom is 0.0705 e. The van der Waals surface area contributed by atoms with Gasteiger partial charge in [0.15, 0.2) is 0 Å². The summed E-state index contributed by atoms with van der Waals surface area (Å²) in [7, 11) is 0. The van der Waals surface area contributed by atoms with Gasteiger partial charge in [0.2, 0.25) is 0 Å². The Balaban J connectivity index is 1.62. The van der Waals surface area contributed by atoms with Crippen LogP contribution in [0, 0.1) is 5.92 Å². The molecule has 1 fully saturated rings. The topological polar surface area (TPSA) is 42.1 Å². The minimum atomic E-state index is 0.830. The van der Waals surface area contributed by atoms with Crippen LogP contribution in [0.3, 0.4) is 0 Å². The standard InChI is InChI=1S/C17H23N3/c18-10-7-14-8-11-20(12-9-14)13-16-6-5-15-3-1-2-4-17(15)19-16/h1-6,14H,7-13,18H2. The molecule has 1 saturated heterocycles. The number of benzene rings is 1. The number of likely N-dealkylation sites (tertiary alicyclic amines) is 1. The summed E-state index contributed by atoms with van der Waals surface area (Å²) in [6.45, 7) is 4.16. The predicted octanol–water partition coefficient (Wildman–Crippen LogP) is 2.80. The smallest absolute Gasteiger partial charge is 0.0705 e. The second kappa shape index (κ2) is 6.33. The number of aromatic nitrogens is 1. The molecule has 0 radical (unpaired) electrons. The molecule has 2 heterocycles. The Morgan fingerprint density at radius 1 is 1.10 bits per heavy atom. The summed E-state index contributed by atoms with van der Waals surface area (Å²) in [6.07, 6.45) is 3.75. The SMILES string of the molecule is NCCC1CCN(Cc2ccc3ccccc3n2)CC1. The predicted molar refractivity (Wildman–Crippen MR) is 83.4 cm³/mol. The Kier molecular flexibility index (Phi) is 4.28. The van der Waals surface area contributed by atoms with Crippen molar-refractivity contribution in [2.24, 2.45) is 11.7 Å². The molecule has 0 bridgehead atoms. The van der Waals surface area contributed by atoms with Gasteiger partial charge in [-0.2, -0.15) is 0 Å². The van der Waals surface area contributed by atoms with Crippen LogP contribution in [0.1, 0.15) is 25.0 Å². The summed E-state index contributed by atoms with van der Waals surface area (Å²) in [5.74, 6) is 0.834. The van der Waals surface area contributed by atoms with E-state index in [1.165, 1.54) is 43.4 Å². The summed E-state index contributed by atoms with van der Waals surface area (Å²) in [5, 5.41) is 1.22. The zero-order valence-electron chi connectivity index (χ0n) is 12.0. The number of fused-ring (bicyclic) bond motifs is 1. The van der Waals surface area contributed by atoms with Crippen molar-refractivity contribution in [3.8, 4) is 0 Å². The van der Waals surface area contributed by atoms with Crippen molar-refractivity contribution in [2.45, 2.75) is 25.8 Å². The third kappa shape index (κ3) is 3.17. The van der Waals surface area contributed by atoms with E-state index in [0.29, 0.717) is 0 Å². The van der Waals surface area contributed by atoms with Gasteiger partial charge in [-0.3, -0.25) is 9.88 Å². The van der Waals surface area contributed by atoms with Gasteiger partial charge < -0.3 is 5.73 Å². The highest BCUT2D eigenvalue weighted by Gasteiger charge is 2.18. The van der Waals surface area contributed by atoms with Gasteiger partial charge in [0, 0.05) is 11.9 Å². The summed E-state index contributed by atoms with van der Waals surface area (Å²) >= 11 is 0. The molecule has 0 saturated carbocycles. The van der Waals surface area contributed by atoms with E-state index >= 15 is 0 Å². The van der Waals surface area contributed by atoms with Crippen LogP contribution in [0.15, 0.2) is 36.4 Å². The molecule has 2 aromatic rings. The molecule has 3 heteroatoms. The fourth-order valence-corrected chi connectivity index (χ4v) is 3.09. The van der Waals surface area contributed by atoms with Crippen LogP contribution in [-0.2, 0) is 6.54 Å². The molecule has 3 nitrogen and oxygen atoms in total. The largest absolute Gasteiger partial charge is 0.330 e. The second-order valence-electron chi connectivity index (χ2n) is 5.79. The molecule has 3 rings (SSSR count). The van der Waals surface area contributed by atoms with E-state index < -0.39 is 0 Å². The summed E-state index contributed by atoms with van der Waals surface area (Å²) in [5.41, 5.74) is 7.93. The molecule has 106 valence electrons. The molecule has 0 unspecified atom stereocenters. The molecule has 0 aliphatic carbocycles. The van der Waals surface area contributed by atoms with Crippen LogP contribution in [0.25, 0.3) is 10.9 Å². The first-order valence-electron chi connectivity index (χ1n) is 7.62. The van der Waals surface area contributed by atoms with Crippen LogP contribution < -0.4 is 5.73 Å². The first-order valence-corrected chi connectivity index (χ1v) is 7.62. The Bertz CT molecular complexity index is 559. The summed E-state index contributed by atoms with van der Waals surface area (Å²) in [6, 6.07) is 12.7.